The summed E-state index contributed by atoms with van der Waals surface area (Å²) in [5.41, 5.74) is 9.50. The fourth-order valence-corrected chi connectivity index (χ4v) is 9.44. The Kier molecular flexibility index (Phi) is 11.3. The van der Waals surface area contributed by atoms with Crippen LogP contribution in [0.25, 0.3) is 0 Å². The van der Waals surface area contributed by atoms with Crippen molar-refractivity contribution in [3.05, 3.63) is 137 Å². The zero-order chi connectivity index (χ0) is 45.2. The maximum Gasteiger partial charge on any atom is 0.330 e. The molecule has 0 aromatic carbocycles. The van der Waals surface area contributed by atoms with Gasteiger partial charge in [-0.05, 0) is 81.1 Å². The summed E-state index contributed by atoms with van der Waals surface area (Å²) in [6.07, 6.45) is 7.25. The number of nitrogens with one attached hydrogen (secondary N) is 2. The van der Waals surface area contributed by atoms with E-state index in [1.165, 1.54) is 24.8 Å². The lowest BCUT2D eigenvalue weighted by Crippen LogP contribution is -2.34. The van der Waals surface area contributed by atoms with E-state index in [9.17, 15) is 29.1 Å². The molecule has 6 atom stereocenters. The summed E-state index contributed by atoms with van der Waals surface area (Å²) in [6, 6.07) is 0. The molecule has 0 saturated carbocycles. The maximum atomic E-state index is 14.7. The molecule has 2 saturated heterocycles. The van der Waals surface area contributed by atoms with Gasteiger partial charge < -0.3 is 29.4 Å². The lowest BCUT2D eigenvalue weighted by molar-refractivity contribution is -0.158. The van der Waals surface area contributed by atoms with Gasteiger partial charge in [0.2, 0.25) is 0 Å². The van der Waals surface area contributed by atoms with Crippen molar-refractivity contribution in [2.75, 3.05) is 13.7 Å². The number of methoxy groups -OCH3 is 1. The number of nitrogens with zero attached hydrogens (tertiary/aromatic N) is 4. The van der Waals surface area contributed by atoms with Crippen molar-refractivity contribution in [1.82, 2.24) is 14.9 Å². The molecule has 1 aliphatic carbocycles. The van der Waals surface area contributed by atoms with Crippen LogP contribution in [0.15, 0.2) is 135 Å². The van der Waals surface area contributed by atoms with Gasteiger partial charge in [0.1, 0.15) is 36.7 Å². The van der Waals surface area contributed by atoms with E-state index in [1.54, 1.807) is 13.0 Å². The molecule has 16 heteroatoms. The molecule has 0 amide bonds. The number of allylic oxidation sites excluding steroid dienone is 11. The van der Waals surface area contributed by atoms with Gasteiger partial charge in [-0.3, -0.25) is 28.7 Å². The van der Waals surface area contributed by atoms with Crippen molar-refractivity contribution >= 4 is 35.0 Å². The largest absolute Gasteiger partial charge is 0.510 e. The van der Waals surface area contributed by atoms with Crippen LogP contribution in [-0.2, 0) is 33.3 Å². The second-order valence-corrected chi connectivity index (χ2v) is 16.6. The highest BCUT2D eigenvalue weighted by atomic mass is 16.6. The van der Waals surface area contributed by atoms with E-state index >= 15 is 0 Å². The quantitative estimate of drug-likeness (QED) is 0.193. The number of aliphatic hydroxyl groups excluding tert-OH is 1. The van der Waals surface area contributed by atoms with Gasteiger partial charge in [0.25, 0.3) is 5.56 Å². The average Bonchev–Trinajstić information content (AvgIpc) is 4.06. The molecule has 0 spiro atoms. The first kappa shape index (κ1) is 43.0. The second-order valence-electron chi connectivity index (χ2n) is 16.6. The molecule has 8 rings (SSSR count). The van der Waals surface area contributed by atoms with Crippen molar-refractivity contribution < 1.29 is 38.4 Å². The lowest BCUT2D eigenvalue weighted by atomic mass is 9.84. The molecular formula is C47H50N6O10. The number of aliphatic imine (C=N–C) groups is 3. The number of carbonyl (C=O) groups excluding carboxylic acids is 3. The minimum absolute atomic E-state index is 0.0324. The number of esters is 3. The third kappa shape index (κ3) is 7.45. The van der Waals surface area contributed by atoms with Gasteiger partial charge in [0.15, 0.2) is 0 Å². The molecule has 6 aliphatic heterocycles. The molecule has 2 fully saturated rings. The van der Waals surface area contributed by atoms with E-state index in [1.807, 2.05) is 45.9 Å². The van der Waals surface area contributed by atoms with Gasteiger partial charge in [-0.15, -0.1) is 0 Å². The van der Waals surface area contributed by atoms with Crippen LogP contribution in [0.1, 0.15) is 79.0 Å². The summed E-state index contributed by atoms with van der Waals surface area (Å²) in [7, 11) is 1.33. The molecule has 7 aliphatic rings. The molecule has 0 unspecified atom stereocenters. The van der Waals surface area contributed by atoms with Crippen molar-refractivity contribution in [1.29, 1.82) is 0 Å². The molecule has 1 aromatic rings. The number of aliphatic hydroxyl groups is 1. The van der Waals surface area contributed by atoms with Gasteiger partial charge in [0, 0.05) is 71.5 Å². The lowest BCUT2D eigenvalue weighted by Gasteiger charge is -2.22. The number of rotatable bonds is 10. The number of H-pyrrole nitrogens is 1. The number of aromatic amines is 1. The zero-order valence-corrected chi connectivity index (χ0v) is 36.5. The fraction of sp³-hybridized carbons (Fsp3) is 0.404. The first-order valence-corrected chi connectivity index (χ1v) is 21.0. The average molecular weight is 859 g/mol. The molecule has 328 valence electrons. The van der Waals surface area contributed by atoms with Crippen molar-refractivity contribution in [3.63, 3.8) is 0 Å². The predicted molar refractivity (Wildman–Crippen MR) is 233 cm³/mol. The number of hydrogen-bond donors (Lipinski definition) is 3. The van der Waals surface area contributed by atoms with Gasteiger partial charge in [-0.25, -0.2) is 19.8 Å². The summed E-state index contributed by atoms with van der Waals surface area (Å²) >= 11 is 0. The first-order valence-electron chi connectivity index (χ1n) is 21.0. The SMILES string of the molecule is C=CC1=C(C)C2=NC1=CC1=NC(=CC3=C(C)C4=C(O)[C@H](C(=O)OC[C@H]5O[C@@H](n6cc(C)c(=O)[nH]c6=O)C[C@@H]5OC(C)=O)C(=C5NC(=C2)[C@@H](C)[C@@H]5CCC(=O)OC)C4=N3)C(CC)=C1C. The first-order chi connectivity index (χ1) is 30.0. The molecule has 1 aromatic heterocycles. The van der Waals surface area contributed by atoms with E-state index < -0.39 is 60.1 Å². The normalized spacial score (nSPS) is 26.1. The molecule has 7 heterocycles. The zero-order valence-electron chi connectivity index (χ0n) is 36.5. The molecular weight excluding hydrogens is 809 g/mol. The number of carbonyl (C=O) groups is 3. The third-order valence-electron chi connectivity index (χ3n) is 12.9. The minimum atomic E-state index is -1.36. The Bertz CT molecular complexity index is 2780. The standard InChI is InChI=1S/C47H50N6O10/c1-10-26-21(4)29-14-31-23(6)28(12-13-38(55)60-9)42(50-31)40-41(46(58)61-19-36-35(62-25(8)54)17-37(63-36)53-18-20(3)45(57)52-47(53)59)44(56)39-24(7)32(51-43(39)40)16-34-27(11-2)22(5)30(49-34)15-33(26)48-29/h10,14-16,18,23,28,35-37,41,50,56H,1,11-13,17,19H2,2-9H3,(H,52,57,59)/t23-,28-,35-,36+,37+,41+/m0/s1. The number of ether oxygens (including phenoxy) is 4. The maximum absolute atomic E-state index is 14.7. The third-order valence-corrected chi connectivity index (χ3v) is 12.9. The summed E-state index contributed by atoms with van der Waals surface area (Å²) in [5.74, 6) is -4.06. The monoisotopic (exact) mass is 858 g/mol. The Hall–Kier alpha value is -6.68. The number of aromatic nitrogens is 2. The number of fused-ring (bicyclic) bond motifs is 5. The van der Waals surface area contributed by atoms with E-state index in [0.29, 0.717) is 52.4 Å². The Morgan fingerprint density at radius 2 is 1.76 bits per heavy atom. The number of hydrogen-bond acceptors (Lipinski definition) is 14. The summed E-state index contributed by atoms with van der Waals surface area (Å²) in [6.45, 7) is 16.4. The van der Waals surface area contributed by atoms with E-state index in [0.717, 1.165) is 45.1 Å². The van der Waals surface area contributed by atoms with Crippen LogP contribution in [0.4, 0.5) is 0 Å². The van der Waals surface area contributed by atoms with Crippen molar-refractivity contribution in [2.45, 2.75) is 92.6 Å². The minimum Gasteiger partial charge on any atom is -0.510 e. The van der Waals surface area contributed by atoms with E-state index in [-0.39, 0.29) is 36.0 Å². The Labute approximate surface area is 363 Å². The van der Waals surface area contributed by atoms with Crippen LogP contribution >= 0.6 is 0 Å². The molecule has 3 N–H and O–H groups in total. The van der Waals surface area contributed by atoms with Crippen molar-refractivity contribution in [3.8, 4) is 0 Å². The molecule has 0 radical (unpaired) electrons. The highest BCUT2D eigenvalue weighted by Crippen LogP contribution is 2.49. The Morgan fingerprint density at radius 1 is 1.03 bits per heavy atom. The van der Waals surface area contributed by atoms with Crippen LogP contribution < -0.4 is 16.6 Å². The Balaban J connectivity index is 1.24. The summed E-state index contributed by atoms with van der Waals surface area (Å²) in [4.78, 5) is 81.9. The van der Waals surface area contributed by atoms with E-state index in [2.05, 4.69) is 23.8 Å². The van der Waals surface area contributed by atoms with Crippen LogP contribution in [0.3, 0.4) is 0 Å². The van der Waals surface area contributed by atoms with Gasteiger partial charge in [-0.2, -0.15) is 0 Å². The molecule has 16 nitrogen and oxygen atoms in total. The topological polar surface area (TPSA) is 212 Å². The summed E-state index contributed by atoms with van der Waals surface area (Å²) in [5, 5.41) is 15.9. The van der Waals surface area contributed by atoms with Crippen molar-refractivity contribution in [2.24, 2.45) is 32.7 Å². The van der Waals surface area contributed by atoms with Crippen LogP contribution in [0.2, 0.25) is 0 Å². The van der Waals surface area contributed by atoms with E-state index in [4.69, 9.17) is 33.9 Å². The van der Waals surface area contributed by atoms with Crippen LogP contribution in [0, 0.1) is 24.7 Å². The molecule has 63 heavy (non-hydrogen) atoms. The molecule has 8 bridgehead atoms. The summed E-state index contributed by atoms with van der Waals surface area (Å²) < 4.78 is 24.0. The van der Waals surface area contributed by atoms with Gasteiger partial charge >= 0.3 is 23.6 Å². The number of aryl methyl sites for hydroxylation is 1. The second kappa shape index (κ2) is 16.5. The highest BCUT2D eigenvalue weighted by Gasteiger charge is 2.50. The fourth-order valence-electron chi connectivity index (χ4n) is 9.44. The van der Waals surface area contributed by atoms with Crippen LogP contribution in [-0.4, -0.2) is 75.6 Å². The predicted octanol–water partition coefficient (Wildman–Crippen LogP) is 5.64. The van der Waals surface area contributed by atoms with Gasteiger partial charge in [-0.1, -0.05) is 26.5 Å². The van der Waals surface area contributed by atoms with Crippen LogP contribution in [0.5, 0.6) is 0 Å². The van der Waals surface area contributed by atoms with Gasteiger partial charge in [0.05, 0.1) is 41.3 Å². The highest BCUT2D eigenvalue weighted by molar-refractivity contribution is 6.24. The Morgan fingerprint density at radius 3 is 2.46 bits per heavy atom. The smallest absolute Gasteiger partial charge is 0.330 e.